The number of carbonyl (C=O) groups is 1. The van der Waals surface area contributed by atoms with Crippen LogP contribution >= 0.6 is 0 Å². The van der Waals surface area contributed by atoms with Crippen LogP contribution in [-0.4, -0.2) is 17.7 Å². The maximum Gasteiger partial charge on any atom is 0.165 e. The van der Waals surface area contributed by atoms with E-state index in [9.17, 15) is 4.79 Å². The van der Waals surface area contributed by atoms with Crippen LogP contribution in [-0.2, 0) is 4.79 Å². The molecule has 0 rings (SSSR count). The molecule has 10 heavy (non-hydrogen) atoms. The highest BCUT2D eigenvalue weighted by Gasteiger charge is 1.82. The van der Waals surface area contributed by atoms with E-state index in [2.05, 4.69) is 16.8 Å². The molecule has 0 aromatic rings. The van der Waals surface area contributed by atoms with Crippen LogP contribution in [0.5, 0.6) is 0 Å². The average Bonchev–Trinajstić information content (AvgIpc) is 1.99. The van der Waals surface area contributed by atoms with Crippen LogP contribution in [0.1, 0.15) is 13.8 Å². The number of nitrogens with zero attached hydrogens (tertiary/aromatic N) is 2. The van der Waals surface area contributed by atoms with Crippen molar-refractivity contribution in [2.75, 3.05) is 0 Å². The minimum absolute atomic E-state index is 0.362. The molecule has 3 heteroatoms. The summed E-state index contributed by atoms with van der Waals surface area (Å²) in [6.45, 7) is 6.82. The van der Waals surface area contributed by atoms with Gasteiger partial charge in [0.15, 0.2) is 6.29 Å². The zero-order chi connectivity index (χ0) is 7.98. The summed E-state index contributed by atoms with van der Waals surface area (Å²) in [5, 5.41) is 7.25. The molecule has 0 saturated heterocycles. The highest BCUT2D eigenvalue weighted by Crippen LogP contribution is 1.81. The standard InChI is InChI=1S/C7H10N2O/c1-4-6(2)8-9-7(3)5-10/h4-5H,1H2,2-3H3/b8-6-,9-7+. The zero-order valence-corrected chi connectivity index (χ0v) is 6.16. The molecule has 3 nitrogen and oxygen atoms in total. The second kappa shape index (κ2) is 4.61. The summed E-state index contributed by atoms with van der Waals surface area (Å²) in [4.78, 5) is 9.98. The summed E-state index contributed by atoms with van der Waals surface area (Å²) >= 11 is 0. The van der Waals surface area contributed by atoms with Crippen molar-refractivity contribution in [2.45, 2.75) is 13.8 Å². The Morgan fingerprint density at radius 1 is 1.30 bits per heavy atom. The predicted octanol–water partition coefficient (Wildman–Crippen LogP) is 1.21. The lowest BCUT2D eigenvalue weighted by molar-refractivity contribution is -0.102. The van der Waals surface area contributed by atoms with Gasteiger partial charge < -0.3 is 0 Å². The Morgan fingerprint density at radius 3 is 2.20 bits per heavy atom. The first-order valence-electron chi connectivity index (χ1n) is 2.87. The van der Waals surface area contributed by atoms with Crippen molar-refractivity contribution in [3.05, 3.63) is 12.7 Å². The van der Waals surface area contributed by atoms with Gasteiger partial charge in [0.25, 0.3) is 0 Å². The molecule has 0 fully saturated rings. The van der Waals surface area contributed by atoms with Gasteiger partial charge in [-0.25, -0.2) is 0 Å². The Balaban J connectivity index is 4.16. The molecule has 0 unspecified atom stereocenters. The second-order valence-corrected chi connectivity index (χ2v) is 1.80. The second-order valence-electron chi connectivity index (χ2n) is 1.80. The van der Waals surface area contributed by atoms with Crippen LogP contribution in [0.3, 0.4) is 0 Å². The lowest BCUT2D eigenvalue weighted by Gasteiger charge is -1.84. The molecule has 54 valence electrons. The van der Waals surface area contributed by atoms with Crippen molar-refractivity contribution in [2.24, 2.45) is 10.2 Å². The molecule has 0 aliphatic rings. The molecular weight excluding hydrogens is 128 g/mol. The van der Waals surface area contributed by atoms with E-state index < -0.39 is 0 Å². The summed E-state index contributed by atoms with van der Waals surface area (Å²) in [5.74, 6) is 0. The molecule has 0 saturated carbocycles. The van der Waals surface area contributed by atoms with Crippen LogP contribution in [0, 0.1) is 0 Å². The van der Waals surface area contributed by atoms with E-state index >= 15 is 0 Å². The lowest BCUT2D eigenvalue weighted by atomic mass is 10.4. The third kappa shape index (κ3) is 3.72. The Hall–Kier alpha value is -1.25. The summed E-state index contributed by atoms with van der Waals surface area (Å²) in [7, 11) is 0. The summed E-state index contributed by atoms with van der Waals surface area (Å²) < 4.78 is 0. The van der Waals surface area contributed by atoms with E-state index in [-0.39, 0.29) is 0 Å². The van der Waals surface area contributed by atoms with Crippen molar-refractivity contribution in [1.29, 1.82) is 0 Å². The number of allylic oxidation sites excluding steroid dienone is 1. The number of hydrogen-bond donors (Lipinski definition) is 0. The van der Waals surface area contributed by atoms with Gasteiger partial charge in [-0.15, -0.1) is 0 Å². The van der Waals surface area contributed by atoms with Gasteiger partial charge in [-0.2, -0.15) is 10.2 Å². The number of hydrogen-bond acceptors (Lipinski definition) is 3. The van der Waals surface area contributed by atoms with E-state index in [4.69, 9.17) is 0 Å². The SMILES string of the molecule is C=C/C(C)=N\N=C(/C)C=O. The fourth-order valence-corrected chi connectivity index (χ4v) is 0.222. The molecule has 0 aliphatic carbocycles. The maximum atomic E-state index is 9.98. The molecule has 0 radical (unpaired) electrons. The molecule has 0 N–H and O–H groups in total. The highest BCUT2D eigenvalue weighted by atomic mass is 16.1. The minimum Gasteiger partial charge on any atom is -0.296 e. The Bertz CT molecular complexity index is 170. The largest absolute Gasteiger partial charge is 0.296 e. The molecule has 0 spiro atoms. The third-order valence-electron chi connectivity index (χ3n) is 0.831. The lowest BCUT2D eigenvalue weighted by Crippen LogP contribution is -1.90. The fourth-order valence-electron chi connectivity index (χ4n) is 0.222. The van der Waals surface area contributed by atoms with Crippen molar-refractivity contribution < 1.29 is 4.79 Å². The minimum atomic E-state index is 0.362. The normalized spacial score (nSPS) is 13.0. The van der Waals surface area contributed by atoms with Crippen LogP contribution in [0.4, 0.5) is 0 Å². The first-order valence-corrected chi connectivity index (χ1v) is 2.87. The average molecular weight is 138 g/mol. The molecule has 0 aromatic carbocycles. The van der Waals surface area contributed by atoms with Gasteiger partial charge in [-0.1, -0.05) is 6.58 Å². The molecule has 0 heterocycles. The first kappa shape index (κ1) is 8.75. The summed E-state index contributed by atoms with van der Waals surface area (Å²) in [6, 6.07) is 0. The van der Waals surface area contributed by atoms with Crippen LogP contribution < -0.4 is 0 Å². The molecular formula is C7H10N2O. The van der Waals surface area contributed by atoms with Gasteiger partial charge in [0.1, 0.15) is 0 Å². The fraction of sp³-hybridized carbons (Fsp3) is 0.286. The van der Waals surface area contributed by atoms with E-state index in [1.807, 2.05) is 0 Å². The Labute approximate surface area is 60.2 Å². The van der Waals surface area contributed by atoms with Gasteiger partial charge >= 0.3 is 0 Å². The van der Waals surface area contributed by atoms with E-state index in [1.54, 1.807) is 19.9 Å². The first-order chi connectivity index (χ1) is 4.70. The van der Waals surface area contributed by atoms with Gasteiger partial charge in [0.2, 0.25) is 0 Å². The topological polar surface area (TPSA) is 41.8 Å². The molecule has 0 aromatic heterocycles. The van der Waals surface area contributed by atoms with Gasteiger partial charge in [0.05, 0.1) is 11.4 Å². The maximum absolute atomic E-state index is 9.98. The van der Waals surface area contributed by atoms with Crippen molar-refractivity contribution >= 4 is 17.7 Å². The van der Waals surface area contributed by atoms with E-state index in [0.717, 1.165) is 0 Å². The van der Waals surface area contributed by atoms with Crippen LogP contribution in [0.25, 0.3) is 0 Å². The quantitative estimate of drug-likeness (QED) is 0.328. The molecule has 0 atom stereocenters. The van der Waals surface area contributed by atoms with Gasteiger partial charge in [-0.3, -0.25) is 4.79 Å². The van der Waals surface area contributed by atoms with Crippen LogP contribution in [0.2, 0.25) is 0 Å². The molecule has 0 bridgehead atoms. The Kier molecular flexibility index (Phi) is 4.04. The Morgan fingerprint density at radius 2 is 1.80 bits per heavy atom. The zero-order valence-electron chi connectivity index (χ0n) is 6.16. The van der Waals surface area contributed by atoms with E-state index in [1.165, 1.54) is 0 Å². The monoisotopic (exact) mass is 138 g/mol. The number of carbonyl (C=O) groups excluding carboxylic acids is 1. The van der Waals surface area contributed by atoms with Crippen molar-refractivity contribution in [3.63, 3.8) is 0 Å². The highest BCUT2D eigenvalue weighted by molar-refractivity contribution is 6.27. The number of rotatable bonds is 3. The molecule has 0 aliphatic heterocycles. The molecule has 0 amide bonds. The van der Waals surface area contributed by atoms with Gasteiger partial charge in [0, 0.05) is 0 Å². The van der Waals surface area contributed by atoms with Crippen LogP contribution in [0.15, 0.2) is 22.9 Å². The third-order valence-corrected chi connectivity index (χ3v) is 0.831. The summed E-state index contributed by atoms with van der Waals surface area (Å²) in [5.41, 5.74) is 1.06. The predicted molar refractivity (Wildman–Crippen MR) is 42.5 cm³/mol. The van der Waals surface area contributed by atoms with E-state index in [0.29, 0.717) is 17.7 Å². The summed E-state index contributed by atoms with van der Waals surface area (Å²) in [6.07, 6.45) is 2.22. The number of aldehydes is 1. The smallest absolute Gasteiger partial charge is 0.165 e. The van der Waals surface area contributed by atoms with Gasteiger partial charge in [-0.05, 0) is 19.9 Å². The van der Waals surface area contributed by atoms with Crippen molar-refractivity contribution in [1.82, 2.24) is 0 Å². The van der Waals surface area contributed by atoms with Crippen molar-refractivity contribution in [3.8, 4) is 0 Å².